The summed E-state index contributed by atoms with van der Waals surface area (Å²) in [5.41, 5.74) is 3.75. The second-order valence-electron chi connectivity index (χ2n) is 5.04. The molecule has 0 radical (unpaired) electrons. The summed E-state index contributed by atoms with van der Waals surface area (Å²) < 4.78 is 5.22. The first-order valence-corrected chi connectivity index (χ1v) is 7.42. The molecule has 2 aromatic carbocycles. The van der Waals surface area contributed by atoms with Crippen LogP contribution in [0.15, 0.2) is 52.7 Å². The van der Waals surface area contributed by atoms with Crippen molar-refractivity contribution in [1.82, 2.24) is 4.98 Å². The molecule has 2 heterocycles. The zero-order valence-corrected chi connectivity index (χ0v) is 12.8. The Kier molecular flexibility index (Phi) is 3.04. The zero-order chi connectivity index (χ0) is 15.1. The van der Waals surface area contributed by atoms with Gasteiger partial charge in [-0.05, 0) is 29.3 Å². The molecule has 0 fully saturated rings. The molecule has 110 valence electrons. The highest BCUT2D eigenvalue weighted by Gasteiger charge is 2.20. The number of rotatable bonds is 2. The number of methoxy groups -OCH3 is 1. The Balaban J connectivity index is 1.93. The molecule has 1 aromatic heterocycles. The molecule has 1 aliphatic heterocycles. The van der Waals surface area contributed by atoms with Gasteiger partial charge in [0.05, 0.1) is 7.11 Å². The van der Waals surface area contributed by atoms with E-state index in [0.29, 0.717) is 0 Å². The largest absolute Gasteiger partial charge is 0.497 e. The lowest BCUT2D eigenvalue weighted by Gasteiger charge is -2.12. The lowest BCUT2D eigenvalue weighted by molar-refractivity contribution is 0.415. The Hall–Kier alpha value is -2.47. The van der Waals surface area contributed by atoms with Gasteiger partial charge in [-0.1, -0.05) is 24.3 Å². The number of hydrogen-bond acceptors (Lipinski definition) is 5. The summed E-state index contributed by atoms with van der Waals surface area (Å²) in [6.07, 6.45) is 0. The van der Waals surface area contributed by atoms with Crippen LogP contribution in [0.5, 0.6) is 5.75 Å². The predicted molar refractivity (Wildman–Crippen MR) is 91.2 cm³/mol. The number of benzene rings is 2. The first kappa shape index (κ1) is 13.2. The molecule has 2 N–H and O–H groups in total. The van der Waals surface area contributed by atoms with Crippen molar-refractivity contribution >= 4 is 35.0 Å². The van der Waals surface area contributed by atoms with Crippen LogP contribution in [0.3, 0.4) is 0 Å². The molecule has 4 rings (SSSR count). The van der Waals surface area contributed by atoms with Gasteiger partial charge in [0.25, 0.3) is 0 Å². The van der Waals surface area contributed by atoms with Gasteiger partial charge in [-0.3, -0.25) is 0 Å². The third-order valence-electron chi connectivity index (χ3n) is 3.74. The van der Waals surface area contributed by atoms with Crippen LogP contribution in [0.25, 0.3) is 22.0 Å². The Morgan fingerprint density at radius 3 is 2.73 bits per heavy atom. The molecule has 3 aromatic rings. The number of H-pyrrole nitrogens is 1. The molecule has 0 bridgehead atoms. The standard InChI is InChI=1S/C16H14N4OS/c1-21-10-7-5-9(6-8-10)11-3-2-4-12-13(11)14-15(17-12)18-16(22)20-19-14/h2-8,16-18,22H,1H3. The van der Waals surface area contributed by atoms with Crippen LogP contribution in [-0.4, -0.2) is 17.6 Å². The van der Waals surface area contributed by atoms with Crippen molar-refractivity contribution in [2.45, 2.75) is 5.50 Å². The highest BCUT2D eigenvalue weighted by atomic mass is 32.1. The average Bonchev–Trinajstić information content (AvgIpc) is 2.92. The van der Waals surface area contributed by atoms with Crippen LogP contribution < -0.4 is 10.1 Å². The second-order valence-corrected chi connectivity index (χ2v) is 5.53. The number of fused-ring (bicyclic) bond motifs is 3. The number of nitrogens with zero attached hydrogens (tertiary/aromatic N) is 2. The first-order valence-electron chi connectivity index (χ1n) is 6.91. The smallest absolute Gasteiger partial charge is 0.185 e. The maximum atomic E-state index is 5.22. The summed E-state index contributed by atoms with van der Waals surface area (Å²) >= 11 is 4.28. The van der Waals surface area contributed by atoms with Gasteiger partial charge in [0.2, 0.25) is 0 Å². The van der Waals surface area contributed by atoms with Crippen LogP contribution in [-0.2, 0) is 0 Å². The van der Waals surface area contributed by atoms with Crippen molar-refractivity contribution in [1.29, 1.82) is 0 Å². The number of aromatic nitrogens is 1. The lowest BCUT2D eigenvalue weighted by atomic mass is 10.0. The Labute approximate surface area is 132 Å². The molecule has 1 unspecified atom stereocenters. The minimum Gasteiger partial charge on any atom is -0.497 e. The molecule has 0 aliphatic carbocycles. The van der Waals surface area contributed by atoms with E-state index in [4.69, 9.17) is 4.74 Å². The third-order valence-corrected chi connectivity index (χ3v) is 3.97. The van der Waals surface area contributed by atoms with Gasteiger partial charge < -0.3 is 15.0 Å². The van der Waals surface area contributed by atoms with Gasteiger partial charge >= 0.3 is 0 Å². The summed E-state index contributed by atoms with van der Waals surface area (Å²) in [5.74, 6) is 1.69. The van der Waals surface area contributed by atoms with E-state index >= 15 is 0 Å². The molecule has 0 saturated carbocycles. The predicted octanol–water partition coefficient (Wildman–Crippen LogP) is 4.57. The second kappa shape index (κ2) is 5.06. The van der Waals surface area contributed by atoms with Gasteiger partial charge in [0, 0.05) is 10.9 Å². The molecule has 0 saturated heterocycles. The van der Waals surface area contributed by atoms with Crippen molar-refractivity contribution in [2.24, 2.45) is 10.2 Å². The van der Waals surface area contributed by atoms with Gasteiger partial charge in [0.15, 0.2) is 5.50 Å². The lowest BCUT2D eigenvalue weighted by Crippen LogP contribution is -2.11. The summed E-state index contributed by atoms with van der Waals surface area (Å²) in [7, 11) is 1.66. The summed E-state index contributed by atoms with van der Waals surface area (Å²) in [4.78, 5) is 3.34. The number of hydrogen-bond donors (Lipinski definition) is 3. The van der Waals surface area contributed by atoms with E-state index in [-0.39, 0.29) is 5.50 Å². The van der Waals surface area contributed by atoms with E-state index < -0.39 is 0 Å². The normalized spacial score (nSPS) is 16.4. The summed E-state index contributed by atoms with van der Waals surface area (Å²) in [5, 5.41) is 12.6. The van der Waals surface area contributed by atoms with Gasteiger partial charge in [0.1, 0.15) is 17.3 Å². The molecule has 1 aliphatic rings. The Morgan fingerprint density at radius 2 is 1.95 bits per heavy atom. The topological polar surface area (TPSA) is 61.8 Å². The highest BCUT2D eigenvalue weighted by Crippen LogP contribution is 2.43. The summed E-state index contributed by atoms with van der Waals surface area (Å²) in [6, 6.07) is 14.1. The van der Waals surface area contributed by atoms with Crippen LogP contribution >= 0.6 is 12.6 Å². The van der Waals surface area contributed by atoms with Crippen LogP contribution in [0.1, 0.15) is 0 Å². The van der Waals surface area contributed by atoms with Gasteiger partial charge in [-0.25, -0.2) is 0 Å². The number of thiol groups is 1. The number of anilines is 1. The molecule has 0 amide bonds. The van der Waals surface area contributed by atoms with Crippen LogP contribution in [0.4, 0.5) is 11.5 Å². The molecule has 5 nitrogen and oxygen atoms in total. The molecule has 0 spiro atoms. The maximum Gasteiger partial charge on any atom is 0.185 e. The van der Waals surface area contributed by atoms with E-state index in [1.807, 2.05) is 36.4 Å². The fourth-order valence-corrected chi connectivity index (χ4v) is 2.90. The number of ether oxygens (including phenoxy) is 1. The fraction of sp³-hybridized carbons (Fsp3) is 0.125. The molecule has 22 heavy (non-hydrogen) atoms. The van der Waals surface area contributed by atoms with Crippen molar-refractivity contribution in [3.63, 3.8) is 0 Å². The highest BCUT2D eigenvalue weighted by molar-refractivity contribution is 7.81. The first-order chi connectivity index (χ1) is 10.8. The molecule has 6 heteroatoms. The number of nitrogens with one attached hydrogen (secondary N) is 2. The zero-order valence-electron chi connectivity index (χ0n) is 11.9. The van der Waals surface area contributed by atoms with Crippen molar-refractivity contribution in [3.8, 4) is 16.9 Å². The van der Waals surface area contributed by atoms with Crippen molar-refractivity contribution in [3.05, 3.63) is 42.5 Å². The molecule has 1 atom stereocenters. The van der Waals surface area contributed by atoms with E-state index in [0.717, 1.165) is 39.3 Å². The van der Waals surface area contributed by atoms with Crippen molar-refractivity contribution in [2.75, 3.05) is 12.4 Å². The Morgan fingerprint density at radius 1 is 1.14 bits per heavy atom. The van der Waals surface area contributed by atoms with E-state index in [1.165, 1.54) is 0 Å². The third kappa shape index (κ3) is 2.03. The van der Waals surface area contributed by atoms with Crippen molar-refractivity contribution < 1.29 is 4.74 Å². The SMILES string of the molecule is COc1ccc(-c2cccc3[nH]c4c(c23)N=NC(S)N4)cc1. The van der Waals surface area contributed by atoms with Gasteiger partial charge in [-0.2, -0.15) is 5.11 Å². The average molecular weight is 310 g/mol. The molecular formula is C16H14N4OS. The molecular weight excluding hydrogens is 296 g/mol. The minimum atomic E-state index is -0.315. The summed E-state index contributed by atoms with van der Waals surface area (Å²) in [6.45, 7) is 0. The fourth-order valence-electron chi connectivity index (χ4n) is 2.72. The van der Waals surface area contributed by atoms with Crippen LogP contribution in [0.2, 0.25) is 0 Å². The minimum absolute atomic E-state index is 0.315. The maximum absolute atomic E-state index is 5.22. The monoisotopic (exact) mass is 310 g/mol. The van der Waals surface area contributed by atoms with E-state index in [2.05, 4.69) is 39.2 Å². The van der Waals surface area contributed by atoms with E-state index in [1.54, 1.807) is 7.11 Å². The Bertz CT molecular complexity index is 870. The van der Waals surface area contributed by atoms with Gasteiger partial charge in [-0.15, -0.1) is 17.7 Å². The quantitative estimate of drug-likeness (QED) is 0.607. The number of aromatic amines is 1. The van der Waals surface area contributed by atoms with Crippen LogP contribution in [0, 0.1) is 0 Å². The number of azo groups is 1. The van der Waals surface area contributed by atoms with E-state index in [9.17, 15) is 0 Å².